The lowest BCUT2D eigenvalue weighted by molar-refractivity contribution is 1.07. The number of rotatable bonds is 14. The van der Waals surface area contributed by atoms with Gasteiger partial charge >= 0.3 is 0 Å². The van der Waals surface area contributed by atoms with Crippen molar-refractivity contribution in [3.8, 4) is 146 Å². The van der Waals surface area contributed by atoms with Gasteiger partial charge in [-0.3, -0.25) is 0 Å². The highest BCUT2D eigenvalue weighted by molar-refractivity contribution is 6.14. The van der Waals surface area contributed by atoms with Crippen molar-refractivity contribution < 1.29 is 0 Å². The Bertz CT molecular complexity index is 5920. The van der Waals surface area contributed by atoms with Crippen LogP contribution in [0.4, 0.5) is 0 Å². The molecule has 0 aliphatic rings. The third-order valence-electron chi connectivity index (χ3n) is 20.9. The van der Waals surface area contributed by atoms with Gasteiger partial charge in [0.2, 0.25) is 0 Å². The number of hydrogen-bond donors (Lipinski definition) is 0. The summed E-state index contributed by atoms with van der Waals surface area (Å²) in [6.07, 6.45) is 0. The number of benzene rings is 15. The van der Waals surface area contributed by atoms with Gasteiger partial charge in [-0.2, -0.15) is 0 Å². The number of hydrogen-bond acceptors (Lipinski definition) is 6. The van der Waals surface area contributed by atoms with E-state index in [1.54, 1.807) is 0 Å². The second kappa shape index (κ2) is 27.2. The van der Waals surface area contributed by atoms with Crippen molar-refractivity contribution in [2.75, 3.05) is 0 Å². The lowest BCUT2D eigenvalue weighted by Gasteiger charge is -2.19. The largest absolute Gasteiger partial charge is 0.309 e. The van der Waals surface area contributed by atoms with Gasteiger partial charge < -0.3 is 9.13 Å². The fraction of sp³-hybridized carbons (Fsp3) is 0.0400. The summed E-state index contributed by atoms with van der Waals surface area (Å²) in [6, 6.07) is 127. The lowest BCUT2D eigenvalue weighted by atomic mass is 9.94. The van der Waals surface area contributed by atoms with Gasteiger partial charge in [-0.25, -0.2) is 29.9 Å². The summed E-state index contributed by atoms with van der Waals surface area (Å²) in [5.41, 5.74) is 29.5. The van der Waals surface area contributed by atoms with Crippen LogP contribution in [0.2, 0.25) is 0 Å². The van der Waals surface area contributed by atoms with Crippen LogP contribution >= 0.6 is 0 Å². The highest BCUT2D eigenvalue weighted by atomic mass is 15.1. The third kappa shape index (κ3) is 12.2. The van der Waals surface area contributed by atoms with Crippen molar-refractivity contribution in [3.05, 3.63) is 374 Å². The molecule has 0 N–H and O–H groups in total. The Morgan fingerprint density at radius 2 is 0.389 bits per heavy atom. The molecule has 510 valence electrons. The lowest BCUT2D eigenvalue weighted by Crippen LogP contribution is -2.02. The zero-order valence-corrected chi connectivity index (χ0v) is 60.1. The van der Waals surface area contributed by atoms with E-state index in [-0.39, 0.29) is 0 Å². The summed E-state index contributed by atoms with van der Waals surface area (Å²) < 4.78 is 4.92. The predicted molar refractivity (Wildman–Crippen MR) is 446 cm³/mol. The first-order valence-electron chi connectivity index (χ1n) is 36.7. The van der Waals surface area contributed by atoms with Gasteiger partial charge in [0.1, 0.15) is 0 Å². The van der Waals surface area contributed by atoms with E-state index in [0.717, 1.165) is 155 Å². The van der Waals surface area contributed by atoms with Gasteiger partial charge in [0.05, 0.1) is 33.4 Å². The summed E-state index contributed by atoms with van der Waals surface area (Å²) in [5.74, 6) is 3.45. The van der Waals surface area contributed by atoms with Gasteiger partial charge in [-0.05, 0) is 174 Å². The van der Waals surface area contributed by atoms with Crippen LogP contribution < -0.4 is 0 Å². The second-order valence-corrected chi connectivity index (χ2v) is 28.2. The number of aromatic nitrogens is 8. The molecule has 0 amide bonds. The molecular weight excluding hydrogens is 1310 g/mol. The van der Waals surface area contributed by atoms with Crippen LogP contribution in [0.5, 0.6) is 0 Å². The number of nitrogens with zero attached hydrogens (tertiary/aromatic N) is 8. The third-order valence-corrected chi connectivity index (χ3v) is 20.9. The maximum atomic E-state index is 5.36. The molecule has 0 aliphatic carbocycles. The van der Waals surface area contributed by atoms with Crippen LogP contribution in [0.3, 0.4) is 0 Å². The van der Waals surface area contributed by atoms with Crippen molar-refractivity contribution in [1.82, 2.24) is 39.0 Å². The summed E-state index contributed by atoms with van der Waals surface area (Å²) >= 11 is 0. The molecular formula is C100H70N8. The molecule has 108 heavy (non-hydrogen) atoms. The molecule has 8 nitrogen and oxygen atoms in total. The first kappa shape index (κ1) is 64.7. The molecule has 0 bridgehead atoms. The Morgan fingerprint density at radius 1 is 0.167 bits per heavy atom. The van der Waals surface area contributed by atoms with Crippen LogP contribution in [-0.4, -0.2) is 39.0 Å². The van der Waals surface area contributed by atoms with E-state index in [0.29, 0.717) is 34.9 Å². The Hall–Kier alpha value is -14.1. The fourth-order valence-electron chi connectivity index (χ4n) is 15.2. The average Bonchev–Trinajstić information content (AvgIpc) is 1.58. The predicted octanol–water partition coefficient (Wildman–Crippen LogP) is 25.5. The van der Waals surface area contributed by atoms with E-state index in [4.69, 9.17) is 29.9 Å². The molecule has 4 aromatic heterocycles. The maximum absolute atomic E-state index is 5.36. The van der Waals surface area contributed by atoms with E-state index in [2.05, 4.69) is 316 Å². The van der Waals surface area contributed by atoms with E-state index < -0.39 is 0 Å². The molecule has 0 fully saturated rings. The van der Waals surface area contributed by atoms with E-state index in [1.807, 2.05) is 72.8 Å². The van der Waals surface area contributed by atoms with Crippen molar-refractivity contribution in [2.24, 2.45) is 0 Å². The first-order valence-corrected chi connectivity index (χ1v) is 36.7. The van der Waals surface area contributed by atoms with Crippen LogP contribution in [0.25, 0.3) is 190 Å². The summed E-state index contributed by atoms with van der Waals surface area (Å²) in [5, 5.41) is 4.58. The monoisotopic (exact) mass is 1380 g/mol. The Balaban J connectivity index is 0.875. The Labute approximate surface area is 627 Å². The minimum Gasteiger partial charge on any atom is -0.309 e. The van der Waals surface area contributed by atoms with Crippen LogP contribution in [0, 0.1) is 27.7 Å². The fourth-order valence-corrected chi connectivity index (χ4v) is 15.2. The zero-order chi connectivity index (χ0) is 72.3. The van der Waals surface area contributed by atoms with Gasteiger partial charge in [0, 0.05) is 66.1 Å². The molecule has 0 atom stereocenters. The highest BCUT2D eigenvalue weighted by Crippen LogP contribution is 2.46. The molecule has 0 saturated heterocycles. The molecule has 19 rings (SSSR count). The molecule has 0 unspecified atom stereocenters. The quantitative estimate of drug-likeness (QED) is 0.108. The molecule has 8 heteroatoms. The van der Waals surface area contributed by atoms with Gasteiger partial charge in [0.25, 0.3) is 0 Å². The van der Waals surface area contributed by atoms with Gasteiger partial charge in [-0.1, -0.05) is 283 Å². The normalized spacial score (nSPS) is 11.5. The standard InChI is InChI=1S/C100H70N8/c1-63-28-36-67(37-29-63)75-44-50-91-85(57-75)86-58-76(68-38-30-64(2)31-39-68)45-51-92(86)107(91)89-54-48-81(99-103-95(71-18-9-5-10-19-71)101-96(104-99)72-20-11-6-12-21-72)61-83(89)79-26-17-27-80(56-79)84-62-82(100-105-97(73-22-13-7-14-23-73)102-98(106-100)74-24-15-8-16-25-74)49-55-90(84)108-93-52-46-77(69-40-32-65(3)33-41-69)59-87(93)88-60-78(47-53-94(88)108)70-42-34-66(4)35-43-70/h5-62H,1-4H3. The van der Waals surface area contributed by atoms with Crippen LogP contribution in [-0.2, 0) is 0 Å². The molecule has 0 saturated carbocycles. The average molecular weight is 1380 g/mol. The summed E-state index contributed by atoms with van der Waals surface area (Å²) in [7, 11) is 0. The molecule has 0 spiro atoms. The highest BCUT2D eigenvalue weighted by Gasteiger charge is 2.25. The molecule has 15 aromatic carbocycles. The zero-order valence-electron chi connectivity index (χ0n) is 60.1. The number of fused-ring (bicyclic) bond motifs is 6. The van der Waals surface area contributed by atoms with E-state index >= 15 is 0 Å². The summed E-state index contributed by atoms with van der Waals surface area (Å²) in [4.78, 5) is 31.8. The molecule has 4 heterocycles. The molecule has 0 aliphatic heterocycles. The topological polar surface area (TPSA) is 87.2 Å². The Morgan fingerprint density at radius 3 is 0.648 bits per heavy atom. The number of aryl methyl sites for hydroxylation is 4. The van der Waals surface area contributed by atoms with Crippen molar-refractivity contribution in [1.29, 1.82) is 0 Å². The van der Waals surface area contributed by atoms with Crippen LogP contribution in [0.1, 0.15) is 22.3 Å². The van der Waals surface area contributed by atoms with E-state index in [1.165, 1.54) is 22.3 Å². The second-order valence-electron chi connectivity index (χ2n) is 28.2. The smallest absolute Gasteiger partial charge is 0.164 e. The minimum absolute atomic E-state index is 0.555. The van der Waals surface area contributed by atoms with Gasteiger partial charge in [0.15, 0.2) is 34.9 Å². The van der Waals surface area contributed by atoms with Crippen LogP contribution in [0.15, 0.2) is 352 Å². The Kier molecular flexibility index (Phi) is 16.3. The van der Waals surface area contributed by atoms with Crippen molar-refractivity contribution in [2.45, 2.75) is 27.7 Å². The van der Waals surface area contributed by atoms with E-state index in [9.17, 15) is 0 Å². The van der Waals surface area contributed by atoms with Crippen molar-refractivity contribution in [3.63, 3.8) is 0 Å². The minimum atomic E-state index is 0.555. The van der Waals surface area contributed by atoms with Gasteiger partial charge in [-0.15, -0.1) is 0 Å². The first-order chi connectivity index (χ1) is 53.1. The molecule has 0 radical (unpaired) electrons. The summed E-state index contributed by atoms with van der Waals surface area (Å²) in [6.45, 7) is 8.57. The SMILES string of the molecule is Cc1ccc(-c2ccc3c(c2)c2cc(-c4ccc(C)cc4)ccc2n3-c2ccc(-c3nc(-c4ccccc4)nc(-c4ccccc4)n3)cc2-c2cccc(-c3cc(-c4nc(-c5ccccc5)nc(-c5ccccc5)n4)ccc3-n3c4ccc(-c5ccc(C)cc5)cc4c4cc(-c5ccc(C)cc5)ccc43)c2)cc1. The van der Waals surface area contributed by atoms with Crippen molar-refractivity contribution >= 4 is 43.6 Å². The molecule has 19 aromatic rings. The maximum Gasteiger partial charge on any atom is 0.164 e.